The smallest absolute Gasteiger partial charge is 0.407 e. The number of benzene rings is 1. The van der Waals surface area contributed by atoms with Crippen molar-refractivity contribution in [3.8, 4) is 11.3 Å². The fourth-order valence-electron chi connectivity index (χ4n) is 2.08. The average molecular weight is 341 g/mol. The number of amides is 1. The third kappa shape index (κ3) is 3.29. The van der Waals surface area contributed by atoms with Crippen LogP contribution in [0.5, 0.6) is 0 Å². The molecule has 1 heterocycles. The van der Waals surface area contributed by atoms with E-state index in [2.05, 4.69) is 10.2 Å². The summed E-state index contributed by atoms with van der Waals surface area (Å²) in [5.41, 5.74) is -1.62. The van der Waals surface area contributed by atoms with Crippen molar-refractivity contribution in [2.45, 2.75) is 6.42 Å². The summed E-state index contributed by atoms with van der Waals surface area (Å²) in [5, 5.41) is 27.5. The van der Waals surface area contributed by atoms with Crippen LogP contribution in [-0.2, 0) is 13.5 Å². The molecule has 1 aromatic carbocycles. The highest BCUT2D eigenvalue weighted by molar-refractivity contribution is 5.67. The van der Waals surface area contributed by atoms with Gasteiger partial charge in [-0.3, -0.25) is 10.1 Å². The second-order valence-electron chi connectivity index (χ2n) is 4.95. The van der Waals surface area contributed by atoms with Gasteiger partial charge >= 0.3 is 11.8 Å². The monoisotopic (exact) mass is 341 g/mol. The lowest BCUT2D eigenvalue weighted by molar-refractivity contribution is -0.387. The van der Waals surface area contributed by atoms with Crippen LogP contribution in [0.3, 0.4) is 0 Å². The third-order valence-corrected chi connectivity index (χ3v) is 3.30. The van der Waals surface area contributed by atoms with Crippen LogP contribution in [0.1, 0.15) is 5.69 Å². The molecule has 0 aliphatic carbocycles. The fraction of sp³-hybridized carbons (Fsp3) is 0.308. The Kier molecular flexibility index (Phi) is 4.71. The Hall–Kier alpha value is -3.11. The molecule has 1 N–H and O–H groups in total. The van der Waals surface area contributed by atoms with Gasteiger partial charge in [0.25, 0.3) is 0 Å². The summed E-state index contributed by atoms with van der Waals surface area (Å²) >= 11 is 0. The van der Waals surface area contributed by atoms with Crippen LogP contribution in [0.15, 0.2) is 12.1 Å². The van der Waals surface area contributed by atoms with Gasteiger partial charge in [-0.1, -0.05) is 0 Å². The topological polar surface area (TPSA) is 114 Å². The van der Waals surface area contributed by atoms with E-state index in [1.54, 1.807) is 0 Å². The molecule has 0 saturated carbocycles. The predicted octanol–water partition coefficient (Wildman–Crippen LogP) is 1.82. The molecular formula is C13H13F2N5O4. The van der Waals surface area contributed by atoms with E-state index in [1.807, 2.05) is 0 Å². The van der Waals surface area contributed by atoms with Crippen LogP contribution in [-0.4, -0.2) is 49.6 Å². The van der Waals surface area contributed by atoms with Crippen molar-refractivity contribution in [3.63, 3.8) is 0 Å². The first-order valence-electron chi connectivity index (χ1n) is 6.69. The number of carbonyl (C=O) groups is 1. The summed E-state index contributed by atoms with van der Waals surface area (Å²) in [5.74, 6) is -2.38. The minimum atomic E-state index is -1.35. The van der Waals surface area contributed by atoms with Crippen LogP contribution in [0.25, 0.3) is 11.3 Å². The maximum Gasteiger partial charge on any atom is 0.407 e. The van der Waals surface area contributed by atoms with Crippen molar-refractivity contribution in [1.29, 1.82) is 0 Å². The van der Waals surface area contributed by atoms with E-state index < -0.39 is 33.9 Å². The van der Waals surface area contributed by atoms with Crippen LogP contribution in [0.2, 0.25) is 0 Å². The molecule has 2 aromatic rings. The molecule has 0 spiro atoms. The normalized spacial score (nSPS) is 10.7. The predicted molar refractivity (Wildman–Crippen MR) is 77.4 cm³/mol. The Morgan fingerprint density at radius 1 is 1.42 bits per heavy atom. The maximum absolute atomic E-state index is 14.3. The second kappa shape index (κ2) is 6.56. The highest BCUT2D eigenvalue weighted by Crippen LogP contribution is 2.32. The van der Waals surface area contributed by atoms with Gasteiger partial charge in [0.05, 0.1) is 16.2 Å². The minimum Gasteiger partial charge on any atom is -0.465 e. The molecule has 0 radical (unpaired) electrons. The first-order chi connectivity index (χ1) is 11.2. The lowest BCUT2D eigenvalue weighted by atomic mass is 10.1. The van der Waals surface area contributed by atoms with Gasteiger partial charge < -0.3 is 10.0 Å². The molecule has 128 valence electrons. The maximum atomic E-state index is 14.3. The van der Waals surface area contributed by atoms with Crippen LogP contribution >= 0.6 is 0 Å². The van der Waals surface area contributed by atoms with Crippen LogP contribution in [0.4, 0.5) is 19.3 Å². The van der Waals surface area contributed by atoms with Gasteiger partial charge in [0.2, 0.25) is 5.82 Å². The third-order valence-electron chi connectivity index (χ3n) is 3.30. The van der Waals surface area contributed by atoms with Crippen molar-refractivity contribution in [2.24, 2.45) is 7.05 Å². The summed E-state index contributed by atoms with van der Waals surface area (Å²) < 4.78 is 28.4. The van der Waals surface area contributed by atoms with Gasteiger partial charge in [-0.05, 0) is 6.07 Å². The number of nitrogens with zero attached hydrogens (tertiary/aromatic N) is 5. The number of halogens is 2. The molecule has 0 unspecified atom stereocenters. The zero-order valence-corrected chi connectivity index (χ0v) is 12.7. The summed E-state index contributed by atoms with van der Waals surface area (Å²) in [6.07, 6.45) is -1.14. The second-order valence-corrected chi connectivity index (χ2v) is 4.95. The van der Waals surface area contributed by atoms with Crippen LogP contribution < -0.4 is 0 Å². The standard InChI is InChI=1S/C13H13F2N5O4/c1-18(13(21)22)6-5-8-12(17-19(2)16-8)10-7(14)3-4-9(11(10)15)20(23)24/h3-4H,5-6H2,1-2H3,(H,21,22). The molecular weight excluding hydrogens is 328 g/mol. The molecule has 11 heteroatoms. The van der Waals surface area contributed by atoms with E-state index in [0.717, 1.165) is 21.8 Å². The lowest BCUT2D eigenvalue weighted by Gasteiger charge is -2.11. The van der Waals surface area contributed by atoms with E-state index in [9.17, 15) is 23.7 Å². The number of nitro benzene ring substituents is 1. The first kappa shape index (κ1) is 17.2. The zero-order valence-electron chi connectivity index (χ0n) is 12.7. The molecule has 0 saturated heterocycles. The number of carboxylic acid groups (broad SMARTS) is 1. The highest BCUT2D eigenvalue weighted by Gasteiger charge is 2.27. The van der Waals surface area contributed by atoms with E-state index in [0.29, 0.717) is 0 Å². The molecule has 0 atom stereocenters. The fourth-order valence-corrected chi connectivity index (χ4v) is 2.08. The summed E-state index contributed by atoms with van der Waals surface area (Å²) in [7, 11) is 2.74. The quantitative estimate of drug-likeness (QED) is 0.655. The Balaban J connectivity index is 2.48. The number of hydrogen-bond donors (Lipinski definition) is 1. The van der Waals surface area contributed by atoms with Crippen molar-refractivity contribution in [1.82, 2.24) is 19.9 Å². The van der Waals surface area contributed by atoms with Crippen molar-refractivity contribution in [2.75, 3.05) is 13.6 Å². The summed E-state index contributed by atoms with van der Waals surface area (Å²) in [6.45, 7) is 0.0131. The van der Waals surface area contributed by atoms with Crippen molar-refractivity contribution < 1.29 is 23.6 Å². The van der Waals surface area contributed by atoms with Gasteiger partial charge in [0.1, 0.15) is 11.5 Å². The van der Waals surface area contributed by atoms with E-state index in [1.165, 1.54) is 14.1 Å². The minimum absolute atomic E-state index is 0.0131. The average Bonchev–Trinajstić information content (AvgIpc) is 2.85. The Bertz CT molecular complexity index is 808. The van der Waals surface area contributed by atoms with Crippen molar-refractivity contribution >= 4 is 11.8 Å². The van der Waals surface area contributed by atoms with Gasteiger partial charge in [-0.15, -0.1) is 0 Å². The van der Waals surface area contributed by atoms with E-state index >= 15 is 0 Å². The molecule has 0 aliphatic heterocycles. The molecule has 0 bridgehead atoms. The van der Waals surface area contributed by atoms with Crippen molar-refractivity contribution in [3.05, 3.63) is 39.6 Å². The SMILES string of the molecule is CN(CCc1nn(C)nc1-c1c(F)ccc([N+](=O)[O-])c1F)C(=O)O. The van der Waals surface area contributed by atoms with Crippen LogP contribution in [0, 0.1) is 21.7 Å². The number of aromatic nitrogens is 3. The summed E-state index contributed by atoms with van der Waals surface area (Å²) in [4.78, 5) is 22.7. The van der Waals surface area contributed by atoms with Gasteiger partial charge in [-0.2, -0.15) is 19.4 Å². The first-order valence-corrected chi connectivity index (χ1v) is 6.69. The van der Waals surface area contributed by atoms with E-state index in [-0.39, 0.29) is 24.4 Å². The Morgan fingerprint density at radius 2 is 2.08 bits per heavy atom. The molecule has 1 aromatic heterocycles. The van der Waals surface area contributed by atoms with E-state index in [4.69, 9.17) is 5.11 Å². The number of likely N-dealkylation sites (N-methyl/N-ethyl adjacent to an activating group) is 1. The molecule has 0 aliphatic rings. The Morgan fingerprint density at radius 3 is 2.67 bits per heavy atom. The largest absolute Gasteiger partial charge is 0.465 e. The van der Waals surface area contributed by atoms with Gasteiger partial charge in [0.15, 0.2) is 0 Å². The number of hydrogen-bond acceptors (Lipinski definition) is 5. The molecule has 1 amide bonds. The number of aryl methyl sites for hydroxylation is 1. The molecule has 2 rings (SSSR count). The van der Waals surface area contributed by atoms with Gasteiger partial charge in [0, 0.05) is 33.1 Å². The molecule has 0 fully saturated rings. The number of nitro groups is 1. The highest BCUT2D eigenvalue weighted by atomic mass is 19.1. The summed E-state index contributed by atoms with van der Waals surface area (Å²) in [6, 6.07) is 1.50. The van der Waals surface area contributed by atoms with Gasteiger partial charge in [-0.25, -0.2) is 9.18 Å². The Labute approximate surface area is 134 Å². The molecule has 9 nitrogen and oxygen atoms in total. The number of rotatable bonds is 5. The zero-order chi connectivity index (χ0) is 18.0. The lowest BCUT2D eigenvalue weighted by Crippen LogP contribution is -2.27. The molecule has 24 heavy (non-hydrogen) atoms.